The Balaban J connectivity index is 2.21. The Bertz CT molecular complexity index is 369. The molecule has 0 aliphatic carbocycles. The van der Waals surface area contributed by atoms with E-state index in [1.54, 1.807) is 17.9 Å². The normalized spacial score (nSPS) is 25.8. The van der Waals surface area contributed by atoms with E-state index in [1.165, 1.54) is 0 Å². The number of nitrogens with zero attached hydrogens (tertiary/aromatic N) is 2. The number of ether oxygens (including phenoxy) is 1. The second-order valence-electron chi connectivity index (χ2n) is 3.91. The van der Waals surface area contributed by atoms with Crippen molar-refractivity contribution in [3.05, 3.63) is 16.4 Å². The van der Waals surface area contributed by atoms with Gasteiger partial charge in [-0.05, 0) is 29.3 Å². The quantitative estimate of drug-likeness (QED) is 0.772. The molecule has 5 heteroatoms. The maximum absolute atomic E-state index is 12.1. The number of Topliss-reactive ketones (excluding diaryl/α,β-unsaturated/α-hetero) is 1. The van der Waals surface area contributed by atoms with Crippen molar-refractivity contribution in [2.24, 2.45) is 13.0 Å². The summed E-state index contributed by atoms with van der Waals surface area (Å²) >= 11 is 3.33. The van der Waals surface area contributed by atoms with E-state index in [4.69, 9.17) is 4.74 Å². The van der Waals surface area contributed by atoms with Crippen LogP contribution in [-0.2, 0) is 11.8 Å². The summed E-state index contributed by atoms with van der Waals surface area (Å²) in [6.45, 7) is 2.52. The lowest BCUT2D eigenvalue weighted by Gasteiger charge is -2.07. The number of hydrogen-bond donors (Lipinski definition) is 0. The predicted molar refractivity (Wildman–Crippen MR) is 58.8 cm³/mol. The standard InChI is InChI=1S/C10H13BrN2O2/c1-6-3-7(5-15-6)10(14)9-8(11)4-12-13(9)2/h4,6-7H,3,5H2,1-2H3. The van der Waals surface area contributed by atoms with Crippen molar-refractivity contribution in [3.8, 4) is 0 Å². The molecule has 1 aliphatic rings. The first-order chi connectivity index (χ1) is 7.09. The number of aryl methyl sites for hydroxylation is 1. The third kappa shape index (κ3) is 1.99. The molecule has 15 heavy (non-hydrogen) atoms. The van der Waals surface area contributed by atoms with Gasteiger partial charge in [-0.25, -0.2) is 0 Å². The summed E-state index contributed by atoms with van der Waals surface area (Å²) in [5.74, 6) is 0.0953. The summed E-state index contributed by atoms with van der Waals surface area (Å²) in [4.78, 5) is 12.1. The van der Waals surface area contributed by atoms with Crippen molar-refractivity contribution in [3.63, 3.8) is 0 Å². The molecule has 0 amide bonds. The molecule has 1 fully saturated rings. The van der Waals surface area contributed by atoms with Crippen LogP contribution in [0.3, 0.4) is 0 Å². The van der Waals surface area contributed by atoms with Gasteiger partial charge in [0.1, 0.15) is 5.69 Å². The van der Waals surface area contributed by atoms with Crippen LogP contribution in [0.15, 0.2) is 10.7 Å². The number of halogens is 1. The Hall–Kier alpha value is -0.680. The second-order valence-corrected chi connectivity index (χ2v) is 4.76. The molecule has 2 rings (SSSR count). The SMILES string of the molecule is CC1CC(C(=O)c2c(Br)cnn2C)CO1. The van der Waals surface area contributed by atoms with E-state index in [2.05, 4.69) is 21.0 Å². The Morgan fingerprint density at radius 3 is 2.93 bits per heavy atom. The van der Waals surface area contributed by atoms with Crippen LogP contribution in [0.1, 0.15) is 23.8 Å². The van der Waals surface area contributed by atoms with Gasteiger partial charge < -0.3 is 4.74 Å². The van der Waals surface area contributed by atoms with Crippen molar-refractivity contribution in [1.82, 2.24) is 9.78 Å². The highest BCUT2D eigenvalue weighted by Gasteiger charge is 2.31. The van der Waals surface area contributed by atoms with E-state index in [0.717, 1.165) is 10.9 Å². The Morgan fingerprint density at radius 2 is 2.47 bits per heavy atom. The molecule has 2 unspecified atom stereocenters. The monoisotopic (exact) mass is 272 g/mol. The molecule has 1 aliphatic heterocycles. The Morgan fingerprint density at radius 1 is 1.73 bits per heavy atom. The zero-order valence-corrected chi connectivity index (χ0v) is 10.3. The lowest BCUT2D eigenvalue weighted by Crippen LogP contribution is -2.18. The van der Waals surface area contributed by atoms with Gasteiger partial charge in [0.2, 0.25) is 0 Å². The number of rotatable bonds is 2. The van der Waals surface area contributed by atoms with E-state index in [1.807, 2.05) is 6.92 Å². The molecule has 4 nitrogen and oxygen atoms in total. The molecular weight excluding hydrogens is 260 g/mol. The molecule has 1 aromatic rings. The molecule has 82 valence electrons. The zero-order chi connectivity index (χ0) is 11.0. The highest BCUT2D eigenvalue weighted by Crippen LogP contribution is 2.26. The van der Waals surface area contributed by atoms with Gasteiger partial charge in [-0.1, -0.05) is 0 Å². The Kier molecular flexibility index (Phi) is 2.93. The number of hydrogen-bond acceptors (Lipinski definition) is 3. The molecule has 0 N–H and O–H groups in total. The van der Waals surface area contributed by atoms with Crippen molar-refractivity contribution >= 4 is 21.7 Å². The van der Waals surface area contributed by atoms with Gasteiger partial charge in [-0.15, -0.1) is 0 Å². The summed E-state index contributed by atoms with van der Waals surface area (Å²) in [5, 5.41) is 4.04. The van der Waals surface area contributed by atoms with Gasteiger partial charge in [0.25, 0.3) is 0 Å². The topological polar surface area (TPSA) is 44.1 Å². The van der Waals surface area contributed by atoms with E-state index in [-0.39, 0.29) is 17.8 Å². The molecule has 0 aromatic carbocycles. The summed E-state index contributed by atoms with van der Waals surface area (Å²) in [6.07, 6.45) is 2.63. The third-order valence-electron chi connectivity index (χ3n) is 2.70. The van der Waals surface area contributed by atoms with E-state index in [9.17, 15) is 4.79 Å². The molecular formula is C10H13BrN2O2. The number of carbonyl (C=O) groups excluding carboxylic acids is 1. The smallest absolute Gasteiger partial charge is 0.187 e. The summed E-state index contributed by atoms with van der Waals surface area (Å²) in [5.41, 5.74) is 0.637. The van der Waals surface area contributed by atoms with Crippen LogP contribution in [-0.4, -0.2) is 28.3 Å². The lowest BCUT2D eigenvalue weighted by molar-refractivity contribution is 0.0868. The van der Waals surface area contributed by atoms with Gasteiger partial charge >= 0.3 is 0 Å². The zero-order valence-electron chi connectivity index (χ0n) is 8.74. The first kappa shape index (κ1) is 10.8. The number of ketones is 1. The fraction of sp³-hybridized carbons (Fsp3) is 0.600. The minimum atomic E-state index is -0.0216. The molecule has 0 spiro atoms. The molecule has 0 saturated carbocycles. The minimum absolute atomic E-state index is 0.0216. The minimum Gasteiger partial charge on any atom is -0.378 e. The van der Waals surface area contributed by atoms with E-state index in [0.29, 0.717) is 12.3 Å². The van der Waals surface area contributed by atoms with Crippen molar-refractivity contribution in [1.29, 1.82) is 0 Å². The molecule has 0 radical (unpaired) electrons. The summed E-state index contributed by atoms with van der Waals surface area (Å²) in [7, 11) is 1.78. The van der Waals surface area contributed by atoms with Crippen molar-refractivity contribution in [2.75, 3.05) is 6.61 Å². The first-order valence-electron chi connectivity index (χ1n) is 4.93. The number of carbonyl (C=O) groups is 1. The first-order valence-corrected chi connectivity index (χ1v) is 5.72. The maximum Gasteiger partial charge on any atom is 0.187 e. The fourth-order valence-corrected chi connectivity index (χ4v) is 2.42. The summed E-state index contributed by atoms with van der Waals surface area (Å²) in [6, 6.07) is 0. The van der Waals surface area contributed by atoms with Crippen LogP contribution in [0, 0.1) is 5.92 Å². The second kappa shape index (κ2) is 4.06. The number of aromatic nitrogens is 2. The average molecular weight is 273 g/mol. The Labute approximate surface area is 96.7 Å². The largest absolute Gasteiger partial charge is 0.378 e. The van der Waals surface area contributed by atoms with Crippen molar-refractivity contribution in [2.45, 2.75) is 19.4 Å². The van der Waals surface area contributed by atoms with Crippen LogP contribution in [0.2, 0.25) is 0 Å². The van der Waals surface area contributed by atoms with Gasteiger partial charge in [0.05, 0.1) is 23.4 Å². The van der Waals surface area contributed by atoms with Gasteiger partial charge in [0, 0.05) is 13.0 Å². The van der Waals surface area contributed by atoms with E-state index < -0.39 is 0 Å². The molecule has 2 atom stereocenters. The maximum atomic E-state index is 12.1. The van der Waals surface area contributed by atoms with Gasteiger partial charge in [-0.2, -0.15) is 5.10 Å². The van der Waals surface area contributed by atoms with Crippen molar-refractivity contribution < 1.29 is 9.53 Å². The highest BCUT2D eigenvalue weighted by atomic mass is 79.9. The third-order valence-corrected chi connectivity index (χ3v) is 3.28. The fourth-order valence-electron chi connectivity index (χ4n) is 1.88. The van der Waals surface area contributed by atoms with Crippen LogP contribution in [0.5, 0.6) is 0 Å². The van der Waals surface area contributed by atoms with Crippen LogP contribution >= 0.6 is 15.9 Å². The summed E-state index contributed by atoms with van der Waals surface area (Å²) < 4.78 is 7.76. The van der Waals surface area contributed by atoms with Crippen LogP contribution in [0.25, 0.3) is 0 Å². The lowest BCUT2D eigenvalue weighted by atomic mass is 9.99. The molecule has 1 aromatic heterocycles. The highest BCUT2D eigenvalue weighted by molar-refractivity contribution is 9.10. The average Bonchev–Trinajstić information content (AvgIpc) is 2.73. The van der Waals surface area contributed by atoms with Gasteiger partial charge in [0.15, 0.2) is 5.78 Å². The molecule has 0 bridgehead atoms. The van der Waals surface area contributed by atoms with Gasteiger partial charge in [-0.3, -0.25) is 9.48 Å². The predicted octanol–water partition coefficient (Wildman–Crippen LogP) is 1.79. The van der Waals surface area contributed by atoms with Crippen LogP contribution in [0.4, 0.5) is 0 Å². The van der Waals surface area contributed by atoms with Crippen LogP contribution < -0.4 is 0 Å². The molecule has 2 heterocycles. The van der Waals surface area contributed by atoms with E-state index >= 15 is 0 Å². The molecule has 1 saturated heterocycles.